The minimum Gasteiger partial charge on any atom is -0.330 e. The van der Waals surface area contributed by atoms with Gasteiger partial charge in [0.05, 0.1) is 4.90 Å². The molecule has 2 N–H and O–H groups in total. The molecule has 0 amide bonds. The van der Waals surface area contributed by atoms with Crippen molar-refractivity contribution >= 4 is 10.0 Å². The molecule has 1 aromatic carbocycles. The van der Waals surface area contributed by atoms with Gasteiger partial charge in [-0.2, -0.15) is 4.31 Å². The van der Waals surface area contributed by atoms with Crippen molar-refractivity contribution in [2.24, 2.45) is 11.1 Å². The lowest BCUT2D eigenvalue weighted by Gasteiger charge is -2.30. The largest absolute Gasteiger partial charge is 0.330 e. The van der Waals surface area contributed by atoms with Crippen LogP contribution in [0.15, 0.2) is 23.1 Å². The average Bonchev–Trinajstić information content (AvgIpc) is 2.35. The van der Waals surface area contributed by atoms with Crippen LogP contribution in [0.25, 0.3) is 0 Å². The van der Waals surface area contributed by atoms with Crippen molar-refractivity contribution in [2.75, 3.05) is 19.6 Å². The zero-order chi connectivity index (χ0) is 15.6. The highest BCUT2D eigenvalue weighted by Gasteiger charge is 2.29. The predicted octanol–water partition coefficient (Wildman–Crippen LogP) is 2.30. The van der Waals surface area contributed by atoms with E-state index in [1.807, 2.05) is 46.8 Å². The lowest BCUT2D eigenvalue weighted by Crippen LogP contribution is -2.42. The minimum absolute atomic E-state index is 0.234. The normalized spacial score (nSPS) is 12.9. The van der Waals surface area contributed by atoms with Gasteiger partial charge in [0.25, 0.3) is 0 Å². The van der Waals surface area contributed by atoms with Gasteiger partial charge in [-0.25, -0.2) is 8.42 Å². The molecule has 1 aromatic rings. The molecule has 114 valence electrons. The Balaban J connectivity index is 3.19. The van der Waals surface area contributed by atoms with Gasteiger partial charge in [0.2, 0.25) is 10.0 Å². The van der Waals surface area contributed by atoms with Gasteiger partial charge < -0.3 is 5.73 Å². The van der Waals surface area contributed by atoms with E-state index in [4.69, 9.17) is 5.73 Å². The van der Waals surface area contributed by atoms with Crippen LogP contribution in [0.5, 0.6) is 0 Å². The van der Waals surface area contributed by atoms with Gasteiger partial charge in [-0.05, 0) is 37.4 Å². The monoisotopic (exact) mass is 298 g/mol. The molecule has 0 bridgehead atoms. The molecule has 0 aliphatic heterocycles. The van der Waals surface area contributed by atoms with Crippen molar-refractivity contribution in [3.05, 3.63) is 29.3 Å². The maximum atomic E-state index is 12.8. The zero-order valence-electron chi connectivity index (χ0n) is 13.1. The van der Waals surface area contributed by atoms with Crippen molar-refractivity contribution in [3.8, 4) is 0 Å². The molecule has 0 unspecified atom stereocenters. The summed E-state index contributed by atoms with van der Waals surface area (Å²) in [6.07, 6.45) is 0. The summed E-state index contributed by atoms with van der Waals surface area (Å²) in [5.41, 5.74) is 7.33. The summed E-state index contributed by atoms with van der Waals surface area (Å²) in [6.45, 7) is 10.9. The topological polar surface area (TPSA) is 63.4 Å². The first-order chi connectivity index (χ1) is 9.14. The van der Waals surface area contributed by atoms with Gasteiger partial charge in [0.15, 0.2) is 0 Å². The maximum absolute atomic E-state index is 12.8. The van der Waals surface area contributed by atoms with Crippen LogP contribution >= 0.6 is 0 Å². The van der Waals surface area contributed by atoms with Gasteiger partial charge in [0.1, 0.15) is 0 Å². The van der Waals surface area contributed by atoms with Crippen LogP contribution in [0, 0.1) is 19.3 Å². The molecule has 0 saturated carbocycles. The Morgan fingerprint density at radius 1 is 1.25 bits per heavy atom. The van der Waals surface area contributed by atoms with Gasteiger partial charge in [0, 0.05) is 13.1 Å². The SMILES string of the molecule is CCN(CC(C)(C)CN)S(=O)(=O)c1ccc(C)cc1C. The molecule has 0 fully saturated rings. The number of nitrogens with two attached hydrogens (primary N) is 1. The highest BCUT2D eigenvalue weighted by Crippen LogP contribution is 2.24. The van der Waals surface area contributed by atoms with E-state index in [9.17, 15) is 8.42 Å². The van der Waals surface area contributed by atoms with Crippen LogP contribution in [-0.2, 0) is 10.0 Å². The standard InChI is InChI=1S/C15H26N2O2S/c1-6-17(11-15(4,5)10-16)20(18,19)14-8-7-12(2)9-13(14)3/h7-9H,6,10-11,16H2,1-5H3. The fourth-order valence-electron chi connectivity index (χ4n) is 2.14. The zero-order valence-corrected chi connectivity index (χ0v) is 13.9. The molecular weight excluding hydrogens is 272 g/mol. The molecule has 0 aliphatic rings. The molecular formula is C15H26N2O2S. The van der Waals surface area contributed by atoms with E-state index in [0.717, 1.165) is 11.1 Å². The van der Waals surface area contributed by atoms with Crippen LogP contribution in [0.1, 0.15) is 31.9 Å². The van der Waals surface area contributed by atoms with Crippen LogP contribution in [0.2, 0.25) is 0 Å². The van der Waals surface area contributed by atoms with Gasteiger partial charge in [-0.3, -0.25) is 0 Å². The summed E-state index contributed by atoms with van der Waals surface area (Å²) >= 11 is 0. The predicted molar refractivity (Wildman–Crippen MR) is 83.2 cm³/mol. The molecule has 4 nitrogen and oxygen atoms in total. The number of rotatable bonds is 6. The Bertz CT molecular complexity index is 565. The van der Waals surface area contributed by atoms with Crippen molar-refractivity contribution in [1.29, 1.82) is 0 Å². The second-order valence-electron chi connectivity index (χ2n) is 6.07. The number of aryl methyl sites for hydroxylation is 2. The van der Waals surface area contributed by atoms with Crippen molar-refractivity contribution < 1.29 is 8.42 Å². The van der Waals surface area contributed by atoms with Crippen LogP contribution in [0.3, 0.4) is 0 Å². The number of nitrogens with zero attached hydrogens (tertiary/aromatic N) is 1. The number of hydrogen-bond acceptors (Lipinski definition) is 3. The molecule has 0 spiro atoms. The van der Waals surface area contributed by atoms with Crippen molar-refractivity contribution in [2.45, 2.75) is 39.5 Å². The molecule has 0 radical (unpaired) electrons. The first kappa shape index (κ1) is 17.1. The smallest absolute Gasteiger partial charge is 0.243 e. The molecule has 0 heterocycles. The molecule has 0 atom stereocenters. The number of hydrogen-bond donors (Lipinski definition) is 1. The molecule has 5 heteroatoms. The Hall–Kier alpha value is -0.910. The molecule has 0 aliphatic carbocycles. The second kappa shape index (κ2) is 6.24. The summed E-state index contributed by atoms with van der Waals surface area (Å²) in [5, 5.41) is 0. The molecule has 1 rings (SSSR count). The Morgan fingerprint density at radius 2 is 1.85 bits per heavy atom. The van der Waals surface area contributed by atoms with Crippen molar-refractivity contribution in [3.63, 3.8) is 0 Å². The summed E-state index contributed by atoms with van der Waals surface area (Å²) in [5.74, 6) is 0. The van der Waals surface area contributed by atoms with E-state index >= 15 is 0 Å². The Kier molecular flexibility index (Phi) is 5.35. The molecule has 0 aromatic heterocycles. The minimum atomic E-state index is -3.46. The average molecular weight is 298 g/mol. The third-order valence-electron chi connectivity index (χ3n) is 3.46. The molecule has 0 saturated heterocycles. The van der Waals surface area contributed by atoms with Crippen molar-refractivity contribution in [1.82, 2.24) is 4.31 Å². The fraction of sp³-hybridized carbons (Fsp3) is 0.600. The summed E-state index contributed by atoms with van der Waals surface area (Å²) in [4.78, 5) is 0.387. The van der Waals surface area contributed by atoms with E-state index in [0.29, 0.717) is 24.5 Å². The van der Waals surface area contributed by atoms with E-state index in [-0.39, 0.29) is 5.41 Å². The third kappa shape index (κ3) is 3.81. The van der Waals surface area contributed by atoms with Crippen LogP contribution in [0.4, 0.5) is 0 Å². The fourth-order valence-corrected chi connectivity index (χ4v) is 3.98. The van der Waals surface area contributed by atoms with Crippen LogP contribution in [-0.4, -0.2) is 32.4 Å². The third-order valence-corrected chi connectivity index (χ3v) is 5.54. The number of benzene rings is 1. The van der Waals surface area contributed by atoms with Crippen LogP contribution < -0.4 is 5.73 Å². The van der Waals surface area contributed by atoms with E-state index < -0.39 is 10.0 Å². The highest BCUT2D eigenvalue weighted by molar-refractivity contribution is 7.89. The Morgan fingerprint density at radius 3 is 2.30 bits per heavy atom. The van der Waals surface area contributed by atoms with Gasteiger partial charge >= 0.3 is 0 Å². The highest BCUT2D eigenvalue weighted by atomic mass is 32.2. The lowest BCUT2D eigenvalue weighted by molar-refractivity contribution is 0.273. The number of sulfonamides is 1. The maximum Gasteiger partial charge on any atom is 0.243 e. The molecule has 20 heavy (non-hydrogen) atoms. The van der Waals surface area contributed by atoms with E-state index in [2.05, 4.69) is 0 Å². The lowest BCUT2D eigenvalue weighted by atomic mass is 9.94. The van der Waals surface area contributed by atoms with E-state index in [1.54, 1.807) is 6.07 Å². The summed E-state index contributed by atoms with van der Waals surface area (Å²) < 4.78 is 27.1. The first-order valence-corrected chi connectivity index (χ1v) is 8.35. The first-order valence-electron chi connectivity index (χ1n) is 6.91. The van der Waals surface area contributed by atoms with Gasteiger partial charge in [-0.15, -0.1) is 0 Å². The summed E-state index contributed by atoms with van der Waals surface area (Å²) in [7, 11) is -3.46. The second-order valence-corrected chi connectivity index (χ2v) is 7.97. The quantitative estimate of drug-likeness (QED) is 0.876. The Labute approximate surface area is 123 Å². The summed E-state index contributed by atoms with van der Waals surface area (Å²) in [6, 6.07) is 5.43. The van der Waals surface area contributed by atoms with E-state index in [1.165, 1.54) is 4.31 Å². The van der Waals surface area contributed by atoms with Gasteiger partial charge in [-0.1, -0.05) is 38.5 Å².